The number of fused-ring (bicyclic) bond motifs is 1. The van der Waals surface area contributed by atoms with Gasteiger partial charge in [0.05, 0.1) is 7.11 Å². The van der Waals surface area contributed by atoms with E-state index in [9.17, 15) is 9.59 Å². The summed E-state index contributed by atoms with van der Waals surface area (Å²) in [6, 6.07) is 1.07. The SMILES string of the molecule is COC(=O)C(C)NC(=O)c1nc2nc(C)cc(C)n2n1. The maximum absolute atomic E-state index is 12.0. The summed E-state index contributed by atoms with van der Waals surface area (Å²) in [5.74, 6) is -0.780. The standard InChI is InChI=1S/C12H15N5O3/c1-6-5-7(2)17-12(13-6)15-9(16-17)10(18)14-8(3)11(19)20-4/h5,8H,1-4H3,(H,14,18). The van der Waals surface area contributed by atoms with Gasteiger partial charge in [-0.05, 0) is 26.8 Å². The smallest absolute Gasteiger partial charge is 0.328 e. The van der Waals surface area contributed by atoms with Crippen LogP contribution in [0.3, 0.4) is 0 Å². The molecule has 2 heterocycles. The predicted molar refractivity (Wildman–Crippen MR) is 69.2 cm³/mol. The van der Waals surface area contributed by atoms with Crippen LogP contribution in [0.25, 0.3) is 5.78 Å². The lowest BCUT2D eigenvalue weighted by atomic mass is 10.3. The minimum atomic E-state index is -0.769. The third-order valence-electron chi connectivity index (χ3n) is 2.72. The van der Waals surface area contributed by atoms with E-state index in [1.54, 1.807) is 0 Å². The van der Waals surface area contributed by atoms with Crippen LogP contribution in [0, 0.1) is 13.8 Å². The molecular weight excluding hydrogens is 262 g/mol. The van der Waals surface area contributed by atoms with Crippen LogP contribution in [0.5, 0.6) is 0 Å². The number of hydrogen-bond donors (Lipinski definition) is 1. The Morgan fingerprint density at radius 1 is 1.35 bits per heavy atom. The van der Waals surface area contributed by atoms with Crippen molar-refractivity contribution in [3.63, 3.8) is 0 Å². The van der Waals surface area contributed by atoms with Gasteiger partial charge in [-0.1, -0.05) is 0 Å². The molecule has 2 rings (SSSR count). The maximum Gasteiger partial charge on any atom is 0.328 e. The van der Waals surface area contributed by atoms with Gasteiger partial charge >= 0.3 is 5.97 Å². The molecule has 1 N–H and O–H groups in total. The molecule has 0 radical (unpaired) electrons. The number of nitrogens with one attached hydrogen (secondary N) is 1. The Bertz CT molecular complexity index is 679. The summed E-state index contributed by atoms with van der Waals surface area (Å²) < 4.78 is 6.01. The van der Waals surface area contributed by atoms with Gasteiger partial charge in [0.1, 0.15) is 6.04 Å². The zero-order valence-electron chi connectivity index (χ0n) is 11.7. The Balaban J connectivity index is 2.27. The molecule has 0 aliphatic rings. The normalized spacial score (nSPS) is 12.2. The Kier molecular flexibility index (Phi) is 3.64. The van der Waals surface area contributed by atoms with Gasteiger partial charge in [0.2, 0.25) is 5.82 Å². The number of nitrogens with zero attached hydrogens (tertiary/aromatic N) is 4. The highest BCUT2D eigenvalue weighted by Crippen LogP contribution is 2.05. The first-order valence-corrected chi connectivity index (χ1v) is 6.02. The van der Waals surface area contributed by atoms with Crippen LogP contribution in [-0.2, 0) is 9.53 Å². The first-order chi connectivity index (χ1) is 9.42. The maximum atomic E-state index is 12.0. The van der Waals surface area contributed by atoms with Crippen molar-refractivity contribution in [1.82, 2.24) is 24.9 Å². The molecule has 0 saturated carbocycles. The molecule has 2 aromatic heterocycles. The lowest BCUT2D eigenvalue weighted by molar-refractivity contribution is -0.142. The van der Waals surface area contributed by atoms with Crippen LogP contribution >= 0.6 is 0 Å². The van der Waals surface area contributed by atoms with Crippen LogP contribution in [0.4, 0.5) is 0 Å². The monoisotopic (exact) mass is 277 g/mol. The van der Waals surface area contributed by atoms with Gasteiger partial charge in [-0.25, -0.2) is 14.3 Å². The van der Waals surface area contributed by atoms with E-state index in [1.165, 1.54) is 18.5 Å². The molecule has 8 nitrogen and oxygen atoms in total. The van der Waals surface area contributed by atoms with Crippen LogP contribution in [0.2, 0.25) is 0 Å². The fourth-order valence-corrected chi connectivity index (χ4v) is 1.76. The van der Waals surface area contributed by atoms with Crippen molar-refractivity contribution in [3.8, 4) is 0 Å². The van der Waals surface area contributed by atoms with E-state index in [1.807, 2.05) is 19.9 Å². The van der Waals surface area contributed by atoms with Gasteiger partial charge in [0.25, 0.3) is 11.7 Å². The molecule has 1 atom stereocenters. The molecule has 0 aromatic carbocycles. The highest BCUT2D eigenvalue weighted by molar-refractivity contribution is 5.93. The van der Waals surface area contributed by atoms with Crippen molar-refractivity contribution in [1.29, 1.82) is 0 Å². The molecule has 2 aromatic rings. The van der Waals surface area contributed by atoms with Crippen LogP contribution in [-0.4, -0.2) is 44.6 Å². The summed E-state index contributed by atoms with van der Waals surface area (Å²) in [7, 11) is 1.25. The van der Waals surface area contributed by atoms with E-state index in [4.69, 9.17) is 0 Å². The molecule has 1 amide bonds. The van der Waals surface area contributed by atoms with E-state index in [2.05, 4.69) is 25.1 Å². The number of carbonyl (C=O) groups excluding carboxylic acids is 2. The van der Waals surface area contributed by atoms with Gasteiger partial charge in [0.15, 0.2) is 0 Å². The van der Waals surface area contributed by atoms with E-state index < -0.39 is 17.9 Å². The Labute approximate surface area is 115 Å². The number of hydrogen-bond acceptors (Lipinski definition) is 6. The van der Waals surface area contributed by atoms with Crippen LogP contribution < -0.4 is 5.32 Å². The number of esters is 1. The predicted octanol–water partition coefficient (Wildman–Crippen LogP) is 0.0324. The lowest BCUT2D eigenvalue weighted by Gasteiger charge is -2.09. The fraction of sp³-hybridized carbons (Fsp3) is 0.417. The molecule has 20 heavy (non-hydrogen) atoms. The van der Waals surface area contributed by atoms with E-state index >= 15 is 0 Å². The fourth-order valence-electron chi connectivity index (χ4n) is 1.76. The number of rotatable bonds is 3. The topological polar surface area (TPSA) is 98.5 Å². The number of aromatic nitrogens is 4. The molecule has 0 fully saturated rings. The Morgan fingerprint density at radius 3 is 2.70 bits per heavy atom. The molecule has 0 spiro atoms. The van der Waals surface area contributed by atoms with Gasteiger partial charge in [0, 0.05) is 11.4 Å². The van der Waals surface area contributed by atoms with Crippen LogP contribution in [0.1, 0.15) is 28.9 Å². The van der Waals surface area contributed by atoms with Crippen LogP contribution in [0.15, 0.2) is 6.07 Å². The zero-order valence-corrected chi connectivity index (χ0v) is 11.7. The van der Waals surface area contributed by atoms with E-state index in [0.29, 0.717) is 5.78 Å². The van der Waals surface area contributed by atoms with Crippen molar-refractivity contribution >= 4 is 17.7 Å². The van der Waals surface area contributed by atoms with Crippen molar-refractivity contribution in [2.75, 3.05) is 7.11 Å². The second kappa shape index (κ2) is 5.24. The van der Waals surface area contributed by atoms with Crippen molar-refractivity contribution in [2.24, 2.45) is 0 Å². The van der Waals surface area contributed by atoms with E-state index in [-0.39, 0.29) is 5.82 Å². The Morgan fingerprint density at radius 2 is 2.05 bits per heavy atom. The van der Waals surface area contributed by atoms with Gasteiger partial charge in [-0.15, -0.1) is 5.10 Å². The molecule has 0 aliphatic carbocycles. The van der Waals surface area contributed by atoms with Crippen molar-refractivity contribution in [3.05, 3.63) is 23.3 Å². The Hall–Kier alpha value is -2.51. The van der Waals surface area contributed by atoms with Gasteiger partial charge in [-0.3, -0.25) is 4.79 Å². The first kappa shape index (κ1) is 13.9. The number of aryl methyl sites for hydroxylation is 2. The molecular formula is C12H15N5O3. The summed E-state index contributed by atoms with van der Waals surface area (Å²) >= 11 is 0. The number of methoxy groups -OCH3 is 1. The minimum absolute atomic E-state index is 0.0399. The number of carbonyl (C=O) groups is 2. The van der Waals surface area contributed by atoms with E-state index in [0.717, 1.165) is 11.4 Å². The number of ether oxygens (including phenoxy) is 1. The molecule has 8 heteroatoms. The molecule has 1 unspecified atom stereocenters. The largest absolute Gasteiger partial charge is 0.467 e. The van der Waals surface area contributed by atoms with Gasteiger partial charge in [-0.2, -0.15) is 4.98 Å². The second-order valence-electron chi connectivity index (χ2n) is 4.40. The molecule has 0 bridgehead atoms. The highest BCUT2D eigenvalue weighted by atomic mass is 16.5. The second-order valence-corrected chi connectivity index (χ2v) is 4.40. The minimum Gasteiger partial charge on any atom is -0.467 e. The summed E-state index contributed by atoms with van der Waals surface area (Å²) in [6.07, 6.45) is 0. The summed E-state index contributed by atoms with van der Waals surface area (Å²) in [5, 5.41) is 6.53. The van der Waals surface area contributed by atoms with Gasteiger partial charge < -0.3 is 10.1 Å². The summed E-state index contributed by atoms with van der Waals surface area (Å²) in [6.45, 7) is 5.20. The third-order valence-corrected chi connectivity index (χ3v) is 2.72. The summed E-state index contributed by atoms with van der Waals surface area (Å²) in [4.78, 5) is 31.4. The zero-order chi connectivity index (χ0) is 14.9. The van der Waals surface area contributed by atoms with Crippen molar-refractivity contribution < 1.29 is 14.3 Å². The molecule has 106 valence electrons. The summed E-state index contributed by atoms with van der Waals surface area (Å²) in [5.41, 5.74) is 1.61. The average molecular weight is 277 g/mol. The molecule has 0 saturated heterocycles. The highest BCUT2D eigenvalue weighted by Gasteiger charge is 2.20. The first-order valence-electron chi connectivity index (χ1n) is 6.02. The lowest BCUT2D eigenvalue weighted by Crippen LogP contribution is -2.39. The molecule has 0 aliphatic heterocycles. The quantitative estimate of drug-likeness (QED) is 0.795. The number of amides is 1. The van der Waals surface area contributed by atoms with Crippen molar-refractivity contribution in [2.45, 2.75) is 26.8 Å². The average Bonchev–Trinajstić information content (AvgIpc) is 2.81. The third kappa shape index (κ3) is 2.58.